The smallest absolute Gasteiger partial charge is 0.133 e. The summed E-state index contributed by atoms with van der Waals surface area (Å²) in [6.45, 7) is 5.70. The molecule has 0 aliphatic heterocycles. The normalized spacial score (nSPS) is 29.9. The maximum absolute atomic E-state index is 11.4. The van der Waals surface area contributed by atoms with Crippen molar-refractivity contribution in [2.24, 2.45) is 5.41 Å². The van der Waals surface area contributed by atoms with E-state index in [4.69, 9.17) is 5.11 Å². The molecule has 17 heavy (non-hydrogen) atoms. The molecule has 0 bridgehead atoms. The summed E-state index contributed by atoms with van der Waals surface area (Å²) in [6.07, 6.45) is 6.58. The summed E-state index contributed by atoms with van der Waals surface area (Å²) in [7, 11) is 0. The van der Waals surface area contributed by atoms with E-state index >= 15 is 0 Å². The highest BCUT2D eigenvalue weighted by Crippen LogP contribution is 2.43. The molecule has 1 fully saturated rings. The molecule has 2 N–H and O–H groups in total. The van der Waals surface area contributed by atoms with Crippen LogP contribution < -0.4 is 0 Å². The van der Waals surface area contributed by atoms with Crippen molar-refractivity contribution in [2.75, 3.05) is 6.61 Å². The van der Waals surface area contributed by atoms with Crippen molar-refractivity contribution in [3.05, 3.63) is 23.8 Å². The highest BCUT2D eigenvalue weighted by atomic mass is 16.3. The molecular formula is C14H22O3. The summed E-state index contributed by atoms with van der Waals surface area (Å²) in [5, 5.41) is 19.4. The fourth-order valence-corrected chi connectivity index (χ4v) is 2.19. The van der Waals surface area contributed by atoms with Crippen molar-refractivity contribution in [2.45, 2.75) is 45.6 Å². The highest BCUT2D eigenvalue weighted by molar-refractivity contribution is 5.80. The molecule has 1 atom stereocenters. The van der Waals surface area contributed by atoms with Gasteiger partial charge in [-0.05, 0) is 13.3 Å². The third-order valence-corrected chi connectivity index (χ3v) is 3.63. The summed E-state index contributed by atoms with van der Waals surface area (Å²) in [5.74, 6) is 0.218. The molecule has 0 spiro atoms. The second-order valence-electron chi connectivity index (χ2n) is 5.49. The lowest BCUT2D eigenvalue weighted by Crippen LogP contribution is -2.48. The van der Waals surface area contributed by atoms with E-state index in [1.807, 2.05) is 26.8 Å². The molecule has 1 aliphatic carbocycles. The molecule has 1 saturated carbocycles. The fourth-order valence-electron chi connectivity index (χ4n) is 2.19. The topological polar surface area (TPSA) is 57.5 Å². The van der Waals surface area contributed by atoms with Crippen molar-refractivity contribution in [1.29, 1.82) is 0 Å². The van der Waals surface area contributed by atoms with Crippen LogP contribution in [-0.4, -0.2) is 28.2 Å². The largest absolute Gasteiger partial charge is 0.392 e. The van der Waals surface area contributed by atoms with E-state index < -0.39 is 11.0 Å². The van der Waals surface area contributed by atoms with Crippen molar-refractivity contribution in [3.63, 3.8) is 0 Å². The Hall–Kier alpha value is -0.930. The van der Waals surface area contributed by atoms with Crippen LogP contribution in [-0.2, 0) is 4.79 Å². The third kappa shape index (κ3) is 3.27. The van der Waals surface area contributed by atoms with E-state index in [-0.39, 0.29) is 12.4 Å². The van der Waals surface area contributed by atoms with Gasteiger partial charge in [0, 0.05) is 18.3 Å². The average Bonchev–Trinajstić information content (AvgIpc) is 2.21. The first kappa shape index (κ1) is 14.1. The first-order valence-corrected chi connectivity index (χ1v) is 6.02. The van der Waals surface area contributed by atoms with Crippen molar-refractivity contribution in [1.82, 2.24) is 0 Å². The minimum Gasteiger partial charge on any atom is -0.392 e. The van der Waals surface area contributed by atoms with Gasteiger partial charge in [0.15, 0.2) is 0 Å². The Kier molecular flexibility index (Phi) is 4.28. The molecule has 1 aliphatic rings. The van der Waals surface area contributed by atoms with Gasteiger partial charge >= 0.3 is 0 Å². The van der Waals surface area contributed by atoms with Crippen LogP contribution in [0.1, 0.15) is 40.0 Å². The Bertz CT molecular complexity index is 352. The highest BCUT2D eigenvalue weighted by Gasteiger charge is 2.45. The Labute approximate surface area is 103 Å². The summed E-state index contributed by atoms with van der Waals surface area (Å²) >= 11 is 0. The fraction of sp³-hybridized carbons (Fsp3) is 0.643. The zero-order chi connectivity index (χ0) is 13.1. The molecule has 0 amide bonds. The number of aliphatic hydroxyl groups excluding tert-OH is 1. The third-order valence-electron chi connectivity index (χ3n) is 3.63. The molecule has 3 nitrogen and oxygen atoms in total. The van der Waals surface area contributed by atoms with Crippen LogP contribution in [0, 0.1) is 5.41 Å². The number of aliphatic hydroxyl groups is 2. The Balaban J connectivity index is 2.87. The minimum absolute atomic E-state index is 0.00349. The van der Waals surface area contributed by atoms with Crippen molar-refractivity contribution < 1.29 is 15.0 Å². The van der Waals surface area contributed by atoms with Gasteiger partial charge < -0.3 is 10.2 Å². The molecular weight excluding hydrogens is 216 g/mol. The van der Waals surface area contributed by atoms with Gasteiger partial charge in [0.25, 0.3) is 0 Å². The molecule has 0 unspecified atom stereocenters. The second-order valence-corrected chi connectivity index (χ2v) is 5.49. The van der Waals surface area contributed by atoms with Gasteiger partial charge in [0.05, 0.1) is 12.2 Å². The van der Waals surface area contributed by atoms with E-state index in [9.17, 15) is 9.90 Å². The van der Waals surface area contributed by atoms with Crippen LogP contribution in [0.5, 0.6) is 0 Å². The van der Waals surface area contributed by atoms with Gasteiger partial charge in [-0.3, -0.25) is 4.79 Å². The Morgan fingerprint density at radius 1 is 1.47 bits per heavy atom. The van der Waals surface area contributed by atoms with Crippen molar-refractivity contribution in [3.8, 4) is 0 Å². The Morgan fingerprint density at radius 2 is 2.12 bits per heavy atom. The minimum atomic E-state index is -0.939. The van der Waals surface area contributed by atoms with Gasteiger partial charge in [0.1, 0.15) is 5.78 Å². The predicted octanol–water partition coefficient (Wildman–Crippen LogP) is 1.99. The maximum atomic E-state index is 11.4. The SMILES string of the molecule is CC(=C/CO)/C=C/[C@]1(O)CCC(=O)CC1(C)C. The summed E-state index contributed by atoms with van der Waals surface area (Å²) < 4.78 is 0. The molecule has 0 saturated heterocycles. The second kappa shape index (κ2) is 5.15. The summed E-state index contributed by atoms with van der Waals surface area (Å²) in [6, 6.07) is 0. The monoisotopic (exact) mass is 238 g/mol. The summed E-state index contributed by atoms with van der Waals surface area (Å²) in [5.41, 5.74) is -0.460. The van der Waals surface area contributed by atoms with Gasteiger partial charge in [-0.1, -0.05) is 37.6 Å². The van der Waals surface area contributed by atoms with Crippen LogP contribution in [0.4, 0.5) is 0 Å². The molecule has 0 radical (unpaired) electrons. The Morgan fingerprint density at radius 3 is 2.65 bits per heavy atom. The quantitative estimate of drug-likeness (QED) is 0.739. The first-order valence-electron chi connectivity index (χ1n) is 6.02. The number of rotatable bonds is 3. The van der Waals surface area contributed by atoms with E-state index in [1.54, 1.807) is 12.2 Å². The van der Waals surface area contributed by atoms with Crippen molar-refractivity contribution >= 4 is 5.78 Å². The number of hydrogen-bond donors (Lipinski definition) is 2. The number of Topliss-reactive ketones (excluding diaryl/α,β-unsaturated/α-hetero) is 1. The number of hydrogen-bond acceptors (Lipinski definition) is 3. The molecule has 0 aromatic carbocycles. The van der Waals surface area contributed by atoms with E-state index in [0.717, 1.165) is 5.57 Å². The standard InChI is InChI=1S/C14H22O3/c1-11(6-9-15)4-7-14(17)8-5-12(16)10-13(14,2)3/h4,6-7,15,17H,5,8-10H2,1-3H3/b7-4+,11-6-/t14-/m0/s1. The maximum Gasteiger partial charge on any atom is 0.133 e. The van der Waals surface area contributed by atoms with Gasteiger partial charge in [-0.2, -0.15) is 0 Å². The van der Waals surface area contributed by atoms with Gasteiger partial charge in [0.2, 0.25) is 0 Å². The van der Waals surface area contributed by atoms with Crippen LogP contribution >= 0.6 is 0 Å². The molecule has 0 aromatic heterocycles. The first-order chi connectivity index (χ1) is 7.81. The molecule has 96 valence electrons. The zero-order valence-electron chi connectivity index (χ0n) is 10.9. The number of carbonyl (C=O) groups is 1. The predicted molar refractivity (Wildman–Crippen MR) is 67.6 cm³/mol. The number of allylic oxidation sites excluding steroid dienone is 2. The molecule has 0 aromatic rings. The van der Waals surface area contributed by atoms with Gasteiger partial charge in [-0.15, -0.1) is 0 Å². The lowest BCUT2D eigenvalue weighted by molar-refractivity contribution is -0.133. The lowest BCUT2D eigenvalue weighted by Gasteiger charge is -2.44. The van der Waals surface area contributed by atoms with Gasteiger partial charge in [-0.25, -0.2) is 0 Å². The summed E-state index contributed by atoms with van der Waals surface area (Å²) in [4.78, 5) is 11.4. The van der Waals surface area contributed by atoms with E-state index in [1.165, 1.54) is 0 Å². The lowest BCUT2D eigenvalue weighted by atomic mass is 9.65. The zero-order valence-corrected chi connectivity index (χ0v) is 10.9. The number of ketones is 1. The van der Waals surface area contributed by atoms with E-state index in [0.29, 0.717) is 19.3 Å². The molecule has 3 heteroatoms. The van der Waals surface area contributed by atoms with E-state index in [2.05, 4.69) is 0 Å². The molecule has 1 rings (SSSR count). The van der Waals surface area contributed by atoms with Crippen LogP contribution in [0.2, 0.25) is 0 Å². The van der Waals surface area contributed by atoms with Crippen LogP contribution in [0.3, 0.4) is 0 Å². The number of carbonyl (C=O) groups excluding carboxylic acids is 1. The molecule has 0 heterocycles. The van der Waals surface area contributed by atoms with Crippen LogP contribution in [0.15, 0.2) is 23.8 Å². The van der Waals surface area contributed by atoms with Crippen LogP contribution in [0.25, 0.3) is 0 Å². The average molecular weight is 238 g/mol.